The minimum Gasteiger partial charge on any atom is -0.324 e. The first-order valence-corrected chi connectivity index (χ1v) is 11.6. The van der Waals surface area contributed by atoms with Crippen molar-refractivity contribution in [2.45, 2.75) is 17.1 Å². The lowest BCUT2D eigenvalue weighted by Gasteiger charge is -2.30. The van der Waals surface area contributed by atoms with Crippen LogP contribution in [0, 0.1) is 5.92 Å². The first-order chi connectivity index (χ1) is 12.3. The van der Waals surface area contributed by atoms with Crippen molar-refractivity contribution in [1.29, 1.82) is 0 Å². The fourth-order valence-electron chi connectivity index (χ4n) is 2.77. The summed E-state index contributed by atoms with van der Waals surface area (Å²) in [5.74, 6) is -0.710. The van der Waals surface area contributed by atoms with E-state index in [0.717, 1.165) is 15.1 Å². The van der Waals surface area contributed by atoms with Gasteiger partial charge in [0.15, 0.2) is 0 Å². The van der Waals surface area contributed by atoms with Gasteiger partial charge in [0.1, 0.15) is 4.21 Å². The maximum absolute atomic E-state index is 12.8. The molecule has 1 aromatic carbocycles. The molecule has 26 heavy (non-hydrogen) atoms. The van der Waals surface area contributed by atoms with E-state index >= 15 is 0 Å². The van der Waals surface area contributed by atoms with Gasteiger partial charge in [-0.3, -0.25) is 4.79 Å². The van der Waals surface area contributed by atoms with Crippen LogP contribution in [-0.2, 0) is 14.8 Å². The van der Waals surface area contributed by atoms with E-state index in [1.807, 2.05) is 0 Å². The molecule has 0 radical (unpaired) electrons. The summed E-state index contributed by atoms with van der Waals surface area (Å²) < 4.78 is 27.9. The summed E-state index contributed by atoms with van der Waals surface area (Å²) in [5.41, 5.74) is 0.423. The van der Waals surface area contributed by atoms with Gasteiger partial charge in [-0.2, -0.15) is 4.31 Å². The maximum Gasteiger partial charge on any atom is 0.252 e. The van der Waals surface area contributed by atoms with Crippen LogP contribution in [0.25, 0.3) is 0 Å². The fourth-order valence-corrected chi connectivity index (χ4v) is 6.81. The summed E-state index contributed by atoms with van der Waals surface area (Å²) in [7, 11) is -3.60. The van der Waals surface area contributed by atoms with Gasteiger partial charge in [0, 0.05) is 13.1 Å². The van der Waals surface area contributed by atoms with Gasteiger partial charge in [-0.15, -0.1) is 11.3 Å². The lowest BCUT2D eigenvalue weighted by atomic mass is 9.99. The largest absolute Gasteiger partial charge is 0.324 e. The highest BCUT2D eigenvalue weighted by molar-refractivity contribution is 9.11. The minimum absolute atomic E-state index is 0.141. The monoisotopic (exact) mass is 496 g/mol. The van der Waals surface area contributed by atoms with E-state index in [1.165, 1.54) is 4.31 Å². The normalized spacial score (nSPS) is 18.7. The zero-order chi connectivity index (χ0) is 18.9. The first kappa shape index (κ1) is 20.1. The molecule has 1 N–H and O–H groups in total. The molecule has 1 amide bonds. The number of hydrogen-bond donors (Lipinski definition) is 1. The Labute approximate surface area is 174 Å². The molecule has 1 aliphatic rings. The smallest absolute Gasteiger partial charge is 0.252 e. The Hall–Kier alpha value is -0.640. The molecule has 2 heterocycles. The van der Waals surface area contributed by atoms with Gasteiger partial charge in [-0.05, 0) is 53.0 Å². The predicted octanol–water partition coefficient (Wildman–Crippen LogP) is 4.86. The van der Waals surface area contributed by atoms with E-state index in [1.54, 1.807) is 30.3 Å². The number of benzene rings is 1. The third-order valence-electron chi connectivity index (χ3n) is 4.11. The Bertz CT molecular complexity index is 933. The van der Waals surface area contributed by atoms with Crippen LogP contribution in [0.2, 0.25) is 10.0 Å². The summed E-state index contributed by atoms with van der Waals surface area (Å²) in [6.07, 6.45) is 1.23. The van der Waals surface area contributed by atoms with Crippen LogP contribution in [0.3, 0.4) is 0 Å². The second-order valence-corrected chi connectivity index (χ2v) is 11.3. The van der Waals surface area contributed by atoms with E-state index in [9.17, 15) is 13.2 Å². The summed E-state index contributed by atoms with van der Waals surface area (Å²) in [6.45, 7) is 0.543. The van der Waals surface area contributed by atoms with Crippen LogP contribution < -0.4 is 5.32 Å². The van der Waals surface area contributed by atoms with Crippen LogP contribution in [0.15, 0.2) is 38.3 Å². The molecule has 0 bridgehead atoms. The van der Waals surface area contributed by atoms with E-state index in [2.05, 4.69) is 21.2 Å². The summed E-state index contributed by atoms with van der Waals surface area (Å²) in [6, 6.07) is 8.25. The number of nitrogens with zero attached hydrogens (tertiary/aromatic N) is 1. The topological polar surface area (TPSA) is 66.5 Å². The number of carbonyl (C=O) groups is 1. The Morgan fingerprint density at radius 3 is 2.73 bits per heavy atom. The van der Waals surface area contributed by atoms with Crippen molar-refractivity contribution in [2.24, 2.45) is 5.92 Å². The van der Waals surface area contributed by atoms with Crippen molar-refractivity contribution < 1.29 is 13.2 Å². The molecule has 3 rings (SSSR count). The number of rotatable bonds is 4. The Balaban J connectivity index is 1.74. The molecular formula is C16H15BrCl2N2O3S2. The van der Waals surface area contributed by atoms with Crippen molar-refractivity contribution in [3.05, 3.63) is 44.2 Å². The Morgan fingerprint density at radius 1 is 1.27 bits per heavy atom. The molecule has 140 valence electrons. The van der Waals surface area contributed by atoms with Gasteiger partial charge in [-0.1, -0.05) is 29.3 Å². The summed E-state index contributed by atoms with van der Waals surface area (Å²) >= 11 is 16.5. The summed E-state index contributed by atoms with van der Waals surface area (Å²) in [5, 5.41) is 3.37. The number of anilines is 1. The molecule has 1 fully saturated rings. The molecule has 1 unspecified atom stereocenters. The fraction of sp³-hybridized carbons (Fsp3) is 0.312. The molecule has 1 atom stereocenters. The quantitative estimate of drug-likeness (QED) is 0.656. The van der Waals surface area contributed by atoms with Crippen molar-refractivity contribution in [3.63, 3.8) is 0 Å². The highest BCUT2D eigenvalue weighted by Crippen LogP contribution is 2.32. The van der Waals surface area contributed by atoms with Gasteiger partial charge in [0.25, 0.3) is 10.0 Å². The van der Waals surface area contributed by atoms with Gasteiger partial charge in [-0.25, -0.2) is 8.42 Å². The average Bonchev–Trinajstić information content (AvgIpc) is 3.06. The number of halogens is 3. The third-order valence-corrected chi connectivity index (χ3v) is 8.88. The number of amides is 1. The number of piperidine rings is 1. The van der Waals surface area contributed by atoms with Gasteiger partial charge in [0.05, 0.1) is 25.4 Å². The zero-order valence-electron chi connectivity index (χ0n) is 13.4. The van der Waals surface area contributed by atoms with Gasteiger partial charge < -0.3 is 5.32 Å². The lowest BCUT2D eigenvalue weighted by Crippen LogP contribution is -2.43. The van der Waals surface area contributed by atoms with E-state index in [0.29, 0.717) is 30.1 Å². The Kier molecular flexibility index (Phi) is 6.31. The van der Waals surface area contributed by atoms with E-state index in [4.69, 9.17) is 23.2 Å². The SMILES string of the molecule is O=C(Nc1cccc(Cl)c1Cl)C1CCCN(S(=O)(=O)c2ccc(Br)s2)C1. The number of sulfonamides is 1. The highest BCUT2D eigenvalue weighted by atomic mass is 79.9. The van der Waals surface area contributed by atoms with Crippen molar-refractivity contribution in [1.82, 2.24) is 4.31 Å². The second-order valence-electron chi connectivity index (χ2n) is 5.85. The number of thiophene rings is 1. The van der Waals surface area contributed by atoms with Gasteiger partial charge in [0.2, 0.25) is 5.91 Å². The Morgan fingerprint density at radius 2 is 2.04 bits per heavy atom. The van der Waals surface area contributed by atoms with Gasteiger partial charge >= 0.3 is 0 Å². The molecule has 10 heteroatoms. The molecule has 0 saturated carbocycles. The highest BCUT2D eigenvalue weighted by Gasteiger charge is 2.34. The number of nitrogens with one attached hydrogen (secondary N) is 1. The first-order valence-electron chi connectivity index (χ1n) is 7.79. The van der Waals surface area contributed by atoms with Crippen LogP contribution in [0.5, 0.6) is 0 Å². The second kappa shape index (κ2) is 8.16. The number of carbonyl (C=O) groups excluding carboxylic acids is 1. The van der Waals surface area contributed by atoms with Crippen LogP contribution in [0.1, 0.15) is 12.8 Å². The van der Waals surface area contributed by atoms with Crippen LogP contribution in [0.4, 0.5) is 5.69 Å². The third kappa shape index (κ3) is 4.26. The van der Waals surface area contributed by atoms with E-state index in [-0.39, 0.29) is 21.7 Å². The molecular weight excluding hydrogens is 483 g/mol. The molecule has 1 saturated heterocycles. The molecule has 2 aromatic rings. The summed E-state index contributed by atoms with van der Waals surface area (Å²) in [4.78, 5) is 12.6. The molecule has 1 aromatic heterocycles. The van der Waals surface area contributed by atoms with Crippen LogP contribution in [-0.4, -0.2) is 31.7 Å². The van der Waals surface area contributed by atoms with Crippen molar-refractivity contribution >= 4 is 72.1 Å². The van der Waals surface area contributed by atoms with Crippen molar-refractivity contribution in [3.8, 4) is 0 Å². The molecule has 0 aliphatic carbocycles. The minimum atomic E-state index is -3.60. The lowest BCUT2D eigenvalue weighted by molar-refractivity contribution is -0.120. The van der Waals surface area contributed by atoms with Crippen LogP contribution >= 0.6 is 50.5 Å². The molecule has 1 aliphatic heterocycles. The number of hydrogen-bond acceptors (Lipinski definition) is 4. The van der Waals surface area contributed by atoms with Crippen molar-refractivity contribution in [2.75, 3.05) is 18.4 Å². The van der Waals surface area contributed by atoms with E-state index < -0.39 is 15.9 Å². The molecule has 5 nitrogen and oxygen atoms in total. The standard InChI is InChI=1S/C16H15BrCl2N2O3S2/c17-13-6-7-14(25-13)26(23,24)21-8-2-3-10(9-21)16(22)20-12-5-1-4-11(18)15(12)19/h1,4-7,10H,2-3,8-9H2,(H,20,22). The average molecular weight is 498 g/mol. The molecule has 0 spiro atoms. The predicted molar refractivity (Wildman–Crippen MR) is 109 cm³/mol. The maximum atomic E-state index is 12.8. The zero-order valence-corrected chi connectivity index (χ0v) is 18.1.